The van der Waals surface area contributed by atoms with Crippen LogP contribution in [0.2, 0.25) is 0 Å². The summed E-state index contributed by atoms with van der Waals surface area (Å²) in [4.78, 5) is 0. The van der Waals surface area contributed by atoms with Crippen LogP contribution in [0.15, 0.2) is 12.3 Å². The van der Waals surface area contributed by atoms with Crippen LogP contribution in [-0.2, 0) is 18.3 Å². The molecule has 0 aromatic carbocycles. The Morgan fingerprint density at radius 2 is 2.31 bits per heavy atom. The highest BCUT2D eigenvalue weighted by Crippen LogP contribution is 1.94. The summed E-state index contributed by atoms with van der Waals surface area (Å²) in [6.07, 6.45) is 1.59. The third-order valence-corrected chi connectivity index (χ3v) is 2.08. The van der Waals surface area contributed by atoms with Crippen molar-refractivity contribution in [2.75, 3.05) is 13.2 Å². The molecule has 1 rings (SSSR count). The van der Waals surface area contributed by atoms with Gasteiger partial charge in [-0.05, 0) is 19.9 Å². The summed E-state index contributed by atoms with van der Waals surface area (Å²) in [5, 5.41) is 16.9. The SMILES string of the molecule is CC(C)OCC(O)CNCc1ccn(C)n1. The Morgan fingerprint density at radius 1 is 1.56 bits per heavy atom. The van der Waals surface area contributed by atoms with Crippen LogP contribution in [0.4, 0.5) is 0 Å². The highest BCUT2D eigenvalue weighted by molar-refractivity contribution is 4.97. The Labute approximate surface area is 96.4 Å². The highest BCUT2D eigenvalue weighted by Gasteiger charge is 2.05. The van der Waals surface area contributed by atoms with E-state index in [1.807, 2.05) is 33.2 Å². The summed E-state index contributed by atoms with van der Waals surface area (Å²) in [6.45, 7) is 5.46. The van der Waals surface area contributed by atoms with Gasteiger partial charge in [-0.15, -0.1) is 0 Å². The summed E-state index contributed by atoms with van der Waals surface area (Å²) in [7, 11) is 1.88. The molecule has 16 heavy (non-hydrogen) atoms. The van der Waals surface area contributed by atoms with Crippen LogP contribution in [0.25, 0.3) is 0 Å². The van der Waals surface area contributed by atoms with E-state index in [-0.39, 0.29) is 6.10 Å². The van der Waals surface area contributed by atoms with Crippen molar-refractivity contribution >= 4 is 0 Å². The number of nitrogens with one attached hydrogen (secondary N) is 1. The topological polar surface area (TPSA) is 59.3 Å². The van der Waals surface area contributed by atoms with E-state index in [1.165, 1.54) is 0 Å². The van der Waals surface area contributed by atoms with Crippen molar-refractivity contribution in [1.82, 2.24) is 15.1 Å². The van der Waals surface area contributed by atoms with Gasteiger partial charge in [0.1, 0.15) is 0 Å². The molecule has 0 aliphatic carbocycles. The Bertz CT molecular complexity index is 299. The van der Waals surface area contributed by atoms with Crippen LogP contribution in [0.5, 0.6) is 0 Å². The van der Waals surface area contributed by atoms with Gasteiger partial charge in [-0.2, -0.15) is 5.10 Å². The van der Waals surface area contributed by atoms with E-state index < -0.39 is 6.10 Å². The fourth-order valence-electron chi connectivity index (χ4n) is 1.29. The molecular weight excluding hydrogens is 206 g/mol. The average molecular weight is 227 g/mol. The predicted octanol–water partition coefficient (Wildman–Crippen LogP) is 0.296. The number of rotatable bonds is 7. The fraction of sp³-hybridized carbons (Fsp3) is 0.727. The van der Waals surface area contributed by atoms with Gasteiger partial charge in [0, 0.05) is 26.3 Å². The molecular formula is C11H21N3O2. The second-order valence-corrected chi connectivity index (χ2v) is 4.15. The number of hydrogen-bond acceptors (Lipinski definition) is 4. The molecule has 0 bridgehead atoms. The second-order valence-electron chi connectivity index (χ2n) is 4.15. The molecule has 0 amide bonds. The Balaban J connectivity index is 2.10. The van der Waals surface area contributed by atoms with Crippen LogP contribution < -0.4 is 5.32 Å². The molecule has 0 fully saturated rings. The Hall–Kier alpha value is -0.910. The maximum Gasteiger partial charge on any atom is 0.0897 e. The lowest BCUT2D eigenvalue weighted by Gasteiger charge is -2.13. The minimum atomic E-state index is -0.467. The Morgan fingerprint density at radius 3 is 2.88 bits per heavy atom. The van der Waals surface area contributed by atoms with Crippen molar-refractivity contribution in [3.8, 4) is 0 Å². The third kappa shape index (κ3) is 5.25. The first-order valence-corrected chi connectivity index (χ1v) is 5.57. The summed E-state index contributed by atoms with van der Waals surface area (Å²) >= 11 is 0. The molecule has 5 nitrogen and oxygen atoms in total. The largest absolute Gasteiger partial charge is 0.389 e. The van der Waals surface area contributed by atoms with Gasteiger partial charge in [0.2, 0.25) is 0 Å². The molecule has 1 heterocycles. The van der Waals surface area contributed by atoms with E-state index in [4.69, 9.17) is 4.74 Å². The average Bonchev–Trinajstić information content (AvgIpc) is 2.61. The number of ether oxygens (including phenoxy) is 1. The lowest BCUT2D eigenvalue weighted by atomic mass is 10.3. The van der Waals surface area contributed by atoms with Crippen molar-refractivity contribution < 1.29 is 9.84 Å². The van der Waals surface area contributed by atoms with Gasteiger partial charge in [0.15, 0.2) is 0 Å². The van der Waals surface area contributed by atoms with Crippen molar-refractivity contribution in [1.29, 1.82) is 0 Å². The zero-order valence-corrected chi connectivity index (χ0v) is 10.2. The van der Waals surface area contributed by atoms with E-state index in [0.717, 1.165) is 5.69 Å². The van der Waals surface area contributed by atoms with Gasteiger partial charge in [-0.25, -0.2) is 0 Å². The van der Waals surface area contributed by atoms with E-state index in [2.05, 4.69) is 10.4 Å². The molecule has 92 valence electrons. The first-order chi connectivity index (χ1) is 7.58. The van der Waals surface area contributed by atoms with E-state index in [1.54, 1.807) is 4.68 Å². The summed E-state index contributed by atoms with van der Waals surface area (Å²) in [5.41, 5.74) is 0.972. The monoisotopic (exact) mass is 227 g/mol. The quantitative estimate of drug-likeness (QED) is 0.703. The minimum Gasteiger partial charge on any atom is -0.389 e. The molecule has 1 aromatic heterocycles. The lowest BCUT2D eigenvalue weighted by molar-refractivity contribution is 0.00627. The van der Waals surface area contributed by atoms with Crippen LogP contribution in [0.1, 0.15) is 19.5 Å². The van der Waals surface area contributed by atoms with Crippen molar-refractivity contribution in [2.24, 2.45) is 7.05 Å². The molecule has 0 radical (unpaired) electrons. The maximum atomic E-state index is 9.57. The number of aryl methyl sites for hydroxylation is 1. The van der Waals surface area contributed by atoms with Crippen molar-refractivity contribution in [3.05, 3.63) is 18.0 Å². The number of hydrogen-bond donors (Lipinski definition) is 2. The summed E-state index contributed by atoms with van der Waals surface area (Å²) < 4.78 is 7.06. The molecule has 0 aliphatic heterocycles. The zero-order chi connectivity index (χ0) is 12.0. The number of aromatic nitrogens is 2. The van der Waals surface area contributed by atoms with Gasteiger partial charge >= 0.3 is 0 Å². The molecule has 0 aliphatic rings. The molecule has 1 atom stereocenters. The third-order valence-electron chi connectivity index (χ3n) is 2.08. The minimum absolute atomic E-state index is 0.158. The van der Waals surface area contributed by atoms with Crippen LogP contribution in [0.3, 0.4) is 0 Å². The molecule has 0 saturated carbocycles. The van der Waals surface area contributed by atoms with Gasteiger partial charge in [0.05, 0.1) is 24.5 Å². The van der Waals surface area contributed by atoms with Crippen molar-refractivity contribution in [2.45, 2.75) is 32.6 Å². The summed E-state index contributed by atoms with van der Waals surface area (Å²) in [6, 6.07) is 1.95. The molecule has 1 unspecified atom stereocenters. The van der Waals surface area contributed by atoms with Crippen LogP contribution in [0, 0.1) is 0 Å². The number of aliphatic hydroxyl groups excluding tert-OH is 1. The van der Waals surface area contributed by atoms with Gasteiger partial charge in [-0.1, -0.05) is 0 Å². The molecule has 1 aromatic rings. The maximum absolute atomic E-state index is 9.57. The van der Waals surface area contributed by atoms with Gasteiger partial charge in [0.25, 0.3) is 0 Å². The Kier molecular flexibility index (Phi) is 5.45. The molecule has 0 saturated heterocycles. The normalized spacial score (nSPS) is 13.3. The lowest BCUT2D eigenvalue weighted by Crippen LogP contribution is -2.31. The predicted molar refractivity (Wildman–Crippen MR) is 62.0 cm³/mol. The van der Waals surface area contributed by atoms with E-state index in [0.29, 0.717) is 19.7 Å². The molecule has 2 N–H and O–H groups in total. The fourth-order valence-corrected chi connectivity index (χ4v) is 1.29. The van der Waals surface area contributed by atoms with Crippen LogP contribution >= 0.6 is 0 Å². The number of nitrogens with zero attached hydrogens (tertiary/aromatic N) is 2. The standard InChI is InChI=1S/C11H21N3O2/c1-9(2)16-8-11(15)7-12-6-10-4-5-14(3)13-10/h4-5,9,11-12,15H,6-8H2,1-3H3. The number of aliphatic hydroxyl groups is 1. The summed E-state index contributed by atoms with van der Waals surface area (Å²) in [5.74, 6) is 0. The van der Waals surface area contributed by atoms with Crippen LogP contribution in [-0.4, -0.2) is 40.2 Å². The van der Waals surface area contributed by atoms with E-state index >= 15 is 0 Å². The first-order valence-electron chi connectivity index (χ1n) is 5.57. The highest BCUT2D eigenvalue weighted by atomic mass is 16.5. The molecule has 0 spiro atoms. The van der Waals surface area contributed by atoms with Gasteiger partial charge < -0.3 is 15.2 Å². The smallest absolute Gasteiger partial charge is 0.0897 e. The van der Waals surface area contributed by atoms with E-state index in [9.17, 15) is 5.11 Å². The molecule has 5 heteroatoms. The first kappa shape index (κ1) is 13.2. The second kappa shape index (κ2) is 6.62. The van der Waals surface area contributed by atoms with Gasteiger partial charge in [-0.3, -0.25) is 4.68 Å². The zero-order valence-electron chi connectivity index (χ0n) is 10.2. The van der Waals surface area contributed by atoms with Crippen molar-refractivity contribution in [3.63, 3.8) is 0 Å².